The van der Waals surface area contributed by atoms with E-state index in [0.717, 1.165) is 0 Å². The van der Waals surface area contributed by atoms with E-state index in [4.69, 9.17) is 0 Å². The molecule has 3 rings (SSSR count). The third-order valence-electron chi connectivity index (χ3n) is 4.06. The number of hydrogen-bond donors (Lipinski definition) is 0. The normalized spacial score (nSPS) is 20.6. The summed E-state index contributed by atoms with van der Waals surface area (Å²) in [5.74, 6) is 0. The van der Waals surface area contributed by atoms with Crippen LogP contribution in [0.4, 0.5) is 0 Å². The number of aromatic nitrogens is 2. The van der Waals surface area contributed by atoms with E-state index in [9.17, 15) is 8.42 Å². The third kappa shape index (κ3) is 2.57. The van der Waals surface area contributed by atoms with Crippen molar-refractivity contribution in [3.05, 3.63) is 85.0 Å². The molecule has 1 atom stereocenters. The van der Waals surface area contributed by atoms with Crippen LogP contribution in [0.25, 0.3) is 5.57 Å². The highest BCUT2D eigenvalue weighted by molar-refractivity contribution is 7.91. The molecule has 0 fully saturated rings. The molecule has 2 aromatic rings. The summed E-state index contributed by atoms with van der Waals surface area (Å²) in [5, 5.41) is 0. The molecule has 23 heavy (non-hydrogen) atoms. The second-order valence-electron chi connectivity index (χ2n) is 5.69. The van der Waals surface area contributed by atoms with Crippen molar-refractivity contribution in [2.45, 2.75) is 18.1 Å². The van der Waals surface area contributed by atoms with E-state index in [1.165, 1.54) is 3.97 Å². The lowest BCUT2D eigenvalue weighted by molar-refractivity contribution is 0.553. The summed E-state index contributed by atoms with van der Waals surface area (Å²) < 4.78 is 26.6. The summed E-state index contributed by atoms with van der Waals surface area (Å²) in [4.78, 5) is 4.25. The molecule has 4 nitrogen and oxygen atoms in total. The van der Waals surface area contributed by atoms with E-state index in [2.05, 4.69) is 11.6 Å². The summed E-state index contributed by atoms with van der Waals surface area (Å²) >= 11 is 0. The van der Waals surface area contributed by atoms with Gasteiger partial charge in [-0.15, -0.1) is 0 Å². The Morgan fingerprint density at radius 1 is 1.26 bits per heavy atom. The SMILES string of the molecule is C=C(c1ccccn1)c1cccn1S(=O)(=O)C1(C)C=CC=CC1. The largest absolute Gasteiger partial charge is 0.256 e. The Morgan fingerprint density at radius 3 is 2.74 bits per heavy atom. The average molecular weight is 326 g/mol. The lowest BCUT2D eigenvalue weighted by atomic mass is 10.0. The van der Waals surface area contributed by atoms with Gasteiger partial charge in [0.05, 0.1) is 11.4 Å². The van der Waals surface area contributed by atoms with Gasteiger partial charge in [-0.25, -0.2) is 12.4 Å². The summed E-state index contributed by atoms with van der Waals surface area (Å²) in [6.45, 7) is 5.76. The quantitative estimate of drug-likeness (QED) is 0.865. The monoisotopic (exact) mass is 326 g/mol. The second-order valence-corrected chi connectivity index (χ2v) is 7.97. The van der Waals surface area contributed by atoms with Gasteiger partial charge in [-0.1, -0.05) is 36.9 Å². The van der Waals surface area contributed by atoms with Gasteiger partial charge in [-0.2, -0.15) is 0 Å². The van der Waals surface area contributed by atoms with Crippen molar-refractivity contribution in [1.82, 2.24) is 8.96 Å². The molecule has 2 heterocycles. The van der Waals surface area contributed by atoms with Gasteiger partial charge in [-0.3, -0.25) is 4.98 Å². The number of hydrogen-bond acceptors (Lipinski definition) is 3. The summed E-state index contributed by atoms with van der Waals surface area (Å²) in [5.41, 5.74) is 1.78. The van der Waals surface area contributed by atoms with Crippen molar-refractivity contribution < 1.29 is 8.42 Å². The van der Waals surface area contributed by atoms with Crippen molar-refractivity contribution in [1.29, 1.82) is 0 Å². The Labute approximate surface area is 136 Å². The first-order valence-electron chi connectivity index (χ1n) is 7.33. The molecule has 5 heteroatoms. The fourth-order valence-electron chi connectivity index (χ4n) is 2.61. The molecule has 0 saturated heterocycles. The Hall–Kier alpha value is -2.40. The van der Waals surface area contributed by atoms with Gasteiger partial charge < -0.3 is 0 Å². The molecule has 2 aromatic heterocycles. The van der Waals surface area contributed by atoms with Crippen LogP contribution >= 0.6 is 0 Å². The molecule has 0 aliphatic heterocycles. The third-order valence-corrected chi connectivity index (χ3v) is 6.38. The van der Waals surface area contributed by atoms with E-state index in [-0.39, 0.29) is 0 Å². The van der Waals surface area contributed by atoms with Crippen LogP contribution in [-0.2, 0) is 10.0 Å². The van der Waals surface area contributed by atoms with Crippen molar-refractivity contribution in [2.75, 3.05) is 0 Å². The number of pyridine rings is 1. The maximum absolute atomic E-state index is 13.1. The van der Waals surface area contributed by atoms with E-state index >= 15 is 0 Å². The highest BCUT2D eigenvalue weighted by atomic mass is 32.2. The minimum atomic E-state index is -3.61. The summed E-state index contributed by atoms with van der Waals surface area (Å²) in [7, 11) is -3.61. The summed E-state index contributed by atoms with van der Waals surface area (Å²) in [6.07, 6.45) is 10.9. The number of rotatable bonds is 4. The molecule has 1 unspecified atom stereocenters. The lowest BCUT2D eigenvalue weighted by Gasteiger charge is -2.28. The lowest BCUT2D eigenvalue weighted by Crippen LogP contribution is -2.38. The minimum Gasteiger partial charge on any atom is -0.256 e. The molecule has 1 aliphatic rings. The maximum Gasteiger partial charge on any atom is 0.248 e. The van der Waals surface area contributed by atoms with Gasteiger partial charge in [0, 0.05) is 18.0 Å². The summed E-state index contributed by atoms with van der Waals surface area (Å²) in [6, 6.07) is 8.95. The molecule has 0 amide bonds. The highest BCUT2D eigenvalue weighted by Crippen LogP contribution is 2.31. The van der Waals surface area contributed by atoms with Crippen LogP contribution in [0, 0.1) is 0 Å². The van der Waals surface area contributed by atoms with E-state index in [1.807, 2.05) is 30.4 Å². The van der Waals surface area contributed by atoms with Gasteiger partial charge in [0.2, 0.25) is 10.0 Å². The first-order valence-corrected chi connectivity index (χ1v) is 8.77. The van der Waals surface area contributed by atoms with Gasteiger partial charge in [0.15, 0.2) is 0 Å². The fraction of sp³-hybridized carbons (Fsp3) is 0.167. The van der Waals surface area contributed by atoms with E-state index in [0.29, 0.717) is 23.4 Å². The molecule has 0 saturated carbocycles. The van der Waals surface area contributed by atoms with Gasteiger partial charge in [0.1, 0.15) is 4.75 Å². The number of allylic oxidation sites excluding steroid dienone is 3. The second kappa shape index (κ2) is 5.66. The fourth-order valence-corrected chi connectivity index (χ4v) is 4.27. The molecule has 0 bridgehead atoms. The Balaban J connectivity index is 2.06. The van der Waals surface area contributed by atoms with Crippen LogP contribution in [0.2, 0.25) is 0 Å². The molecule has 118 valence electrons. The van der Waals surface area contributed by atoms with Crippen LogP contribution < -0.4 is 0 Å². The molecule has 0 spiro atoms. The Bertz CT molecular complexity index is 892. The zero-order valence-corrected chi connectivity index (χ0v) is 13.7. The molecule has 1 aliphatic carbocycles. The van der Waals surface area contributed by atoms with Crippen LogP contribution in [-0.4, -0.2) is 22.1 Å². The highest BCUT2D eigenvalue weighted by Gasteiger charge is 2.38. The standard InChI is InChI=1S/C18H18N2O2S/c1-15(16-9-4-7-13-19-16)17-10-8-14-20(17)23(21,22)18(2)11-5-3-6-12-18/h3-11,13-14H,1,12H2,2H3. The number of nitrogens with zero attached hydrogens (tertiary/aromatic N) is 2. The van der Waals surface area contributed by atoms with Gasteiger partial charge >= 0.3 is 0 Å². The predicted octanol–water partition coefficient (Wildman–Crippen LogP) is 3.40. The first kappa shape index (κ1) is 15.5. The average Bonchev–Trinajstić information content (AvgIpc) is 3.06. The van der Waals surface area contributed by atoms with Crippen molar-refractivity contribution in [3.8, 4) is 0 Å². The van der Waals surface area contributed by atoms with E-state index < -0.39 is 14.8 Å². The topological polar surface area (TPSA) is 52.0 Å². The Morgan fingerprint density at radius 2 is 2.09 bits per heavy atom. The minimum absolute atomic E-state index is 0.444. The zero-order chi connectivity index (χ0) is 16.5. The van der Waals surface area contributed by atoms with Gasteiger partial charge in [0.25, 0.3) is 0 Å². The molecular weight excluding hydrogens is 308 g/mol. The molecule has 0 aromatic carbocycles. The smallest absolute Gasteiger partial charge is 0.248 e. The molecule has 0 N–H and O–H groups in total. The predicted molar refractivity (Wildman–Crippen MR) is 92.4 cm³/mol. The van der Waals surface area contributed by atoms with Crippen LogP contribution in [0.5, 0.6) is 0 Å². The van der Waals surface area contributed by atoms with Crippen molar-refractivity contribution in [3.63, 3.8) is 0 Å². The zero-order valence-electron chi connectivity index (χ0n) is 12.9. The Kier molecular flexibility index (Phi) is 3.82. The van der Waals surface area contributed by atoms with Crippen LogP contribution in [0.3, 0.4) is 0 Å². The first-order chi connectivity index (χ1) is 11.0. The molecular formula is C18H18N2O2S. The van der Waals surface area contributed by atoms with Gasteiger partial charge in [-0.05, 0) is 37.6 Å². The van der Waals surface area contributed by atoms with Crippen LogP contribution in [0.15, 0.2) is 73.6 Å². The van der Waals surface area contributed by atoms with Crippen molar-refractivity contribution >= 4 is 15.6 Å². The molecule has 0 radical (unpaired) electrons. The maximum atomic E-state index is 13.1. The van der Waals surface area contributed by atoms with E-state index in [1.54, 1.807) is 43.6 Å². The van der Waals surface area contributed by atoms with Crippen molar-refractivity contribution in [2.24, 2.45) is 0 Å². The van der Waals surface area contributed by atoms with Crippen LogP contribution in [0.1, 0.15) is 24.7 Å².